The van der Waals surface area contributed by atoms with Crippen LogP contribution in [0.1, 0.15) is 39.0 Å². The van der Waals surface area contributed by atoms with E-state index in [-0.39, 0.29) is 21.6 Å². The van der Waals surface area contributed by atoms with Crippen LogP contribution in [0.2, 0.25) is 5.02 Å². The first kappa shape index (κ1) is 18.9. The van der Waals surface area contributed by atoms with E-state index in [0.717, 1.165) is 25.7 Å². The highest BCUT2D eigenvalue weighted by Crippen LogP contribution is 2.32. The number of allylic oxidation sites excluding steroid dienone is 4. The maximum Gasteiger partial charge on any atom is 0.359 e. The van der Waals surface area contributed by atoms with Crippen molar-refractivity contribution in [3.05, 3.63) is 52.6 Å². The quantitative estimate of drug-likeness (QED) is 0.560. The average molecular weight is 394 g/mol. The lowest BCUT2D eigenvalue weighted by Gasteiger charge is -2.25. The molecular weight excluding hydrogens is 374 g/mol. The third-order valence-electron chi connectivity index (χ3n) is 4.71. The van der Waals surface area contributed by atoms with E-state index in [1.54, 1.807) is 25.1 Å². The van der Waals surface area contributed by atoms with Gasteiger partial charge >= 0.3 is 10.1 Å². The molecule has 0 saturated heterocycles. The number of hydrogen-bond donors (Lipinski definition) is 0. The standard InChI is InChI=1S/C19H20ClNO4S/c1-13-11-18(22)15(14-7-3-2-4-8-14)12-17(13)21-25-26(23,24)19-10-6-5-9-16(19)20/h5-6,9-12,14H,2-4,7-8H2,1H3/b21-17+. The van der Waals surface area contributed by atoms with Gasteiger partial charge in [0.05, 0.1) is 5.02 Å². The molecular formula is C19H20ClNO4S. The molecule has 2 aliphatic carbocycles. The van der Waals surface area contributed by atoms with Gasteiger partial charge < -0.3 is 0 Å². The molecule has 1 fully saturated rings. The number of halogens is 1. The summed E-state index contributed by atoms with van der Waals surface area (Å²) in [6, 6.07) is 6.01. The molecule has 2 aliphatic rings. The van der Waals surface area contributed by atoms with Crippen molar-refractivity contribution in [2.45, 2.75) is 43.9 Å². The Morgan fingerprint density at radius 2 is 1.81 bits per heavy atom. The Hall–Kier alpha value is -1.92. The number of carbonyl (C=O) groups excluding carboxylic acids is 1. The Morgan fingerprint density at radius 1 is 1.12 bits per heavy atom. The molecule has 26 heavy (non-hydrogen) atoms. The molecule has 0 aliphatic heterocycles. The van der Waals surface area contributed by atoms with Gasteiger partial charge in [-0.05, 0) is 55.5 Å². The Kier molecular flexibility index (Phi) is 5.63. The number of rotatable bonds is 4. The van der Waals surface area contributed by atoms with Gasteiger partial charge in [-0.2, -0.15) is 8.42 Å². The second-order valence-corrected chi connectivity index (χ2v) is 8.47. The van der Waals surface area contributed by atoms with Gasteiger partial charge in [0.15, 0.2) is 5.78 Å². The maximum atomic E-state index is 12.3. The number of oxime groups is 1. The lowest BCUT2D eigenvalue weighted by molar-refractivity contribution is -0.112. The van der Waals surface area contributed by atoms with Crippen molar-refractivity contribution in [1.29, 1.82) is 0 Å². The van der Waals surface area contributed by atoms with Gasteiger partial charge in [0.1, 0.15) is 10.6 Å². The van der Waals surface area contributed by atoms with Gasteiger partial charge in [0.25, 0.3) is 0 Å². The number of benzene rings is 1. The minimum atomic E-state index is -4.13. The monoisotopic (exact) mass is 393 g/mol. The summed E-state index contributed by atoms with van der Waals surface area (Å²) in [4.78, 5) is 12.2. The van der Waals surface area contributed by atoms with E-state index in [2.05, 4.69) is 5.16 Å². The zero-order chi connectivity index (χ0) is 18.7. The molecule has 0 radical (unpaired) electrons. The summed E-state index contributed by atoms with van der Waals surface area (Å²) < 4.78 is 29.5. The topological polar surface area (TPSA) is 72.8 Å². The fourth-order valence-electron chi connectivity index (χ4n) is 3.29. The second-order valence-electron chi connectivity index (χ2n) is 6.56. The molecule has 0 N–H and O–H groups in total. The molecule has 1 aromatic rings. The number of carbonyl (C=O) groups is 1. The van der Waals surface area contributed by atoms with Crippen molar-refractivity contribution < 1.29 is 17.5 Å². The highest BCUT2D eigenvalue weighted by atomic mass is 35.5. The van der Waals surface area contributed by atoms with Crippen LogP contribution in [-0.2, 0) is 19.2 Å². The maximum absolute atomic E-state index is 12.3. The molecule has 0 atom stereocenters. The molecule has 0 spiro atoms. The first-order valence-corrected chi connectivity index (χ1v) is 10.4. The van der Waals surface area contributed by atoms with Gasteiger partial charge in [-0.25, -0.2) is 0 Å². The third kappa shape index (κ3) is 4.07. The van der Waals surface area contributed by atoms with Gasteiger partial charge in [-0.3, -0.25) is 9.08 Å². The molecule has 5 nitrogen and oxygen atoms in total. The minimum absolute atomic E-state index is 0.0256. The molecule has 0 heterocycles. The van der Waals surface area contributed by atoms with E-state index in [9.17, 15) is 13.2 Å². The molecule has 138 valence electrons. The minimum Gasteiger partial charge on any atom is -0.290 e. The zero-order valence-electron chi connectivity index (χ0n) is 14.4. The van der Waals surface area contributed by atoms with Crippen LogP contribution < -0.4 is 0 Å². The Balaban J connectivity index is 1.87. The van der Waals surface area contributed by atoms with Crippen LogP contribution in [0, 0.1) is 5.92 Å². The van der Waals surface area contributed by atoms with Gasteiger partial charge in [0, 0.05) is 5.57 Å². The number of ketones is 1. The fourth-order valence-corrected chi connectivity index (χ4v) is 4.52. The first-order chi connectivity index (χ1) is 12.4. The van der Waals surface area contributed by atoms with Crippen molar-refractivity contribution in [3.63, 3.8) is 0 Å². The summed E-state index contributed by atoms with van der Waals surface area (Å²) in [6.45, 7) is 1.70. The summed E-state index contributed by atoms with van der Waals surface area (Å²) in [5.74, 6) is 0.174. The van der Waals surface area contributed by atoms with E-state index in [1.807, 2.05) is 0 Å². The van der Waals surface area contributed by atoms with E-state index in [0.29, 0.717) is 16.9 Å². The van der Waals surface area contributed by atoms with Crippen molar-refractivity contribution >= 4 is 33.2 Å². The normalized spacial score (nSPS) is 20.7. The molecule has 0 unspecified atom stereocenters. The van der Waals surface area contributed by atoms with Gasteiger partial charge in [-0.15, -0.1) is 0 Å². The van der Waals surface area contributed by atoms with E-state index < -0.39 is 10.1 Å². The summed E-state index contributed by atoms with van der Waals surface area (Å²) in [5.41, 5.74) is 1.61. The van der Waals surface area contributed by atoms with Gasteiger partial charge in [0.2, 0.25) is 0 Å². The van der Waals surface area contributed by atoms with Crippen molar-refractivity contribution in [2.24, 2.45) is 11.1 Å². The highest BCUT2D eigenvalue weighted by Gasteiger charge is 2.26. The lowest BCUT2D eigenvalue weighted by Crippen LogP contribution is -2.20. The number of hydrogen-bond acceptors (Lipinski definition) is 5. The summed E-state index contributed by atoms with van der Waals surface area (Å²) >= 11 is 5.93. The van der Waals surface area contributed by atoms with Crippen LogP contribution in [0.3, 0.4) is 0 Å². The van der Waals surface area contributed by atoms with Crippen molar-refractivity contribution in [1.82, 2.24) is 0 Å². The summed E-state index contributed by atoms with van der Waals surface area (Å²) in [7, 11) is -4.13. The largest absolute Gasteiger partial charge is 0.359 e. The zero-order valence-corrected chi connectivity index (χ0v) is 16.0. The Morgan fingerprint density at radius 3 is 2.50 bits per heavy atom. The smallest absolute Gasteiger partial charge is 0.290 e. The second kappa shape index (κ2) is 7.76. The molecule has 1 saturated carbocycles. The van der Waals surface area contributed by atoms with Crippen LogP contribution in [0.5, 0.6) is 0 Å². The Labute approximate surface area is 158 Å². The lowest BCUT2D eigenvalue weighted by atomic mass is 9.79. The van der Waals surface area contributed by atoms with Crippen LogP contribution in [0.15, 0.2) is 57.6 Å². The SMILES string of the molecule is CC1=CC(=O)C(C2CCCCC2)=C/C1=N\OS(=O)(=O)c1ccccc1Cl. The van der Waals surface area contributed by atoms with E-state index in [1.165, 1.54) is 24.6 Å². The predicted octanol–water partition coefficient (Wildman–Crippen LogP) is 4.44. The van der Waals surface area contributed by atoms with Crippen LogP contribution in [0.25, 0.3) is 0 Å². The van der Waals surface area contributed by atoms with Crippen LogP contribution in [0.4, 0.5) is 0 Å². The third-order valence-corrected chi connectivity index (χ3v) is 6.32. The summed E-state index contributed by atoms with van der Waals surface area (Å²) in [6.07, 6.45) is 8.48. The first-order valence-electron chi connectivity index (χ1n) is 8.59. The fraction of sp³-hybridized carbons (Fsp3) is 0.368. The molecule has 3 rings (SSSR count). The summed E-state index contributed by atoms with van der Waals surface area (Å²) in [5, 5.41) is 3.87. The van der Waals surface area contributed by atoms with Crippen LogP contribution >= 0.6 is 11.6 Å². The highest BCUT2D eigenvalue weighted by molar-refractivity contribution is 7.86. The molecule has 1 aromatic carbocycles. The van der Waals surface area contributed by atoms with E-state index in [4.69, 9.17) is 15.9 Å². The predicted molar refractivity (Wildman–Crippen MR) is 101 cm³/mol. The van der Waals surface area contributed by atoms with Crippen molar-refractivity contribution in [2.75, 3.05) is 0 Å². The molecule has 0 amide bonds. The van der Waals surface area contributed by atoms with E-state index >= 15 is 0 Å². The molecule has 7 heteroatoms. The number of nitrogens with zero attached hydrogens (tertiary/aromatic N) is 1. The molecule has 0 aromatic heterocycles. The average Bonchev–Trinajstić information content (AvgIpc) is 2.62. The van der Waals surface area contributed by atoms with Gasteiger partial charge in [-0.1, -0.05) is 48.2 Å². The molecule has 0 bridgehead atoms. The Bertz CT molecular complexity index is 909. The van der Waals surface area contributed by atoms with Crippen molar-refractivity contribution in [3.8, 4) is 0 Å². The van der Waals surface area contributed by atoms with Crippen LogP contribution in [-0.4, -0.2) is 19.9 Å².